The number of hydrogen-bond acceptors (Lipinski definition) is 5. The van der Waals surface area contributed by atoms with Gasteiger partial charge in [-0.05, 0) is 26.2 Å². The molecule has 1 aliphatic rings. The van der Waals surface area contributed by atoms with E-state index in [2.05, 4.69) is 5.32 Å². The zero-order valence-corrected chi connectivity index (χ0v) is 16.1. The van der Waals surface area contributed by atoms with Gasteiger partial charge in [-0.1, -0.05) is 20.8 Å². The summed E-state index contributed by atoms with van der Waals surface area (Å²) in [5.74, 6) is -1.38. The molecule has 1 unspecified atom stereocenters. The van der Waals surface area contributed by atoms with Crippen molar-refractivity contribution in [3.05, 3.63) is 0 Å². The number of ether oxygens (including phenoxy) is 1. The molecule has 7 heteroatoms. The first-order valence-corrected chi connectivity index (χ1v) is 8.62. The molecule has 1 N–H and O–H groups in total. The predicted molar refractivity (Wildman–Crippen MR) is 92.3 cm³/mol. The molecular weight excluding hydrogens is 324 g/mol. The Labute approximate surface area is 149 Å². The zero-order valence-electron chi connectivity index (χ0n) is 16.1. The number of amides is 3. The second-order valence-electron chi connectivity index (χ2n) is 8.49. The van der Waals surface area contributed by atoms with Crippen molar-refractivity contribution in [2.24, 2.45) is 16.7 Å². The van der Waals surface area contributed by atoms with Crippen LogP contribution in [0.2, 0.25) is 0 Å². The van der Waals surface area contributed by atoms with E-state index < -0.39 is 5.41 Å². The average molecular weight is 354 g/mol. The minimum Gasteiger partial charge on any atom is -0.463 e. The van der Waals surface area contributed by atoms with Crippen LogP contribution < -0.4 is 5.32 Å². The number of rotatable bonds is 6. The van der Waals surface area contributed by atoms with Crippen molar-refractivity contribution < 1.29 is 23.9 Å². The number of nitrogens with one attached hydrogen (secondary N) is 1. The Morgan fingerprint density at radius 2 is 1.76 bits per heavy atom. The maximum absolute atomic E-state index is 12.3. The fraction of sp³-hybridized carbons (Fsp3) is 0.778. The maximum atomic E-state index is 12.3. The summed E-state index contributed by atoms with van der Waals surface area (Å²) in [5.41, 5.74) is -0.856. The number of likely N-dealkylation sites (tertiary alicyclic amines) is 1. The smallest absolute Gasteiger partial charge is 0.311 e. The molecule has 1 rings (SSSR count). The van der Waals surface area contributed by atoms with Crippen molar-refractivity contribution >= 4 is 23.7 Å². The third-order valence-electron chi connectivity index (χ3n) is 4.12. The third-order valence-corrected chi connectivity index (χ3v) is 4.12. The second kappa shape index (κ2) is 7.97. The molecule has 1 fully saturated rings. The van der Waals surface area contributed by atoms with Gasteiger partial charge in [0.15, 0.2) is 0 Å². The Bertz CT molecular complexity index is 543. The normalized spacial score (nSPS) is 18.5. The van der Waals surface area contributed by atoms with Crippen molar-refractivity contribution in [1.82, 2.24) is 10.2 Å². The van der Waals surface area contributed by atoms with Gasteiger partial charge in [0.1, 0.15) is 6.61 Å². The van der Waals surface area contributed by atoms with E-state index in [1.165, 1.54) is 4.90 Å². The number of carbonyl (C=O) groups is 4. The molecule has 142 valence electrons. The molecule has 0 aromatic rings. The molecule has 0 saturated carbocycles. The molecule has 0 aromatic heterocycles. The summed E-state index contributed by atoms with van der Waals surface area (Å²) in [6.07, 6.45) is 0.244. The van der Waals surface area contributed by atoms with E-state index in [9.17, 15) is 19.2 Å². The highest BCUT2D eigenvalue weighted by atomic mass is 16.5. The Hall–Kier alpha value is -1.92. The van der Waals surface area contributed by atoms with Gasteiger partial charge >= 0.3 is 5.97 Å². The van der Waals surface area contributed by atoms with Crippen molar-refractivity contribution in [1.29, 1.82) is 0 Å². The van der Waals surface area contributed by atoms with E-state index in [0.717, 1.165) is 0 Å². The zero-order chi connectivity index (χ0) is 19.4. The highest BCUT2D eigenvalue weighted by Gasteiger charge is 2.44. The number of carbonyl (C=O) groups excluding carboxylic acids is 4. The van der Waals surface area contributed by atoms with E-state index in [1.54, 1.807) is 20.8 Å². The lowest BCUT2D eigenvalue weighted by molar-refractivity contribution is -0.153. The quantitative estimate of drug-likeness (QED) is 0.443. The van der Waals surface area contributed by atoms with Crippen molar-refractivity contribution in [2.75, 3.05) is 19.7 Å². The van der Waals surface area contributed by atoms with Crippen LogP contribution in [0, 0.1) is 16.7 Å². The standard InChI is InChI=1S/C18H30N2O5/c1-17(2,3)12-11-14(22)20(15(12)23)9-7-13(21)19-8-10-25-16(24)18(4,5)6/h12H,7-11H2,1-6H3,(H,19,21). The third kappa shape index (κ3) is 6.14. The Morgan fingerprint density at radius 3 is 2.24 bits per heavy atom. The van der Waals surface area contributed by atoms with E-state index in [0.29, 0.717) is 0 Å². The first-order valence-electron chi connectivity index (χ1n) is 8.62. The van der Waals surface area contributed by atoms with E-state index in [1.807, 2.05) is 20.8 Å². The number of imide groups is 1. The van der Waals surface area contributed by atoms with Crippen LogP contribution in [0.25, 0.3) is 0 Å². The summed E-state index contributed by atoms with van der Waals surface area (Å²) in [7, 11) is 0. The summed E-state index contributed by atoms with van der Waals surface area (Å²) < 4.78 is 5.05. The van der Waals surface area contributed by atoms with Crippen LogP contribution in [0.5, 0.6) is 0 Å². The van der Waals surface area contributed by atoms with E-state index >= 15 is 0 Å². The monoisotopic (exact) mass is 354 g/mol. The highest BCUT2D eigenvalue weighted by Crippen LogP contribution is 2.35. The van der Waals surface area contributed by atoms with E-state index in [4.69, 9.17) is 4.74 Å². The molecule has 7 nitrogen and oxygen atoms in total. The highest BCUT2D eigenvalue weighted by molar-refractivity contribution is 6.04. The fourth-order valence-corrected chi connectivity index (χ4v) is 2.45. The predicted octanol–water partition coefficient (Wildman–Crippen LogP) is 1.50. The van der Waals surface area contributed by atoms with Gasteiger partial charge in [-0.25, -0.2) is 0 Å². The molecular formula is C18H30N2O5. The average Bonchev–Trinajstić information content (AvgIpc) is 2.75. The maximum Gasteiger partial charge on any atom is 0.311 e. The largest absolute Gasteiger partial charge is 0.463 e. The van der Waals surface area contributed by atoms with Gasteiger partial charge in [-0.3, -0.25) is 24.1 Å². The van der Waals surface area contributed by atoms with Crippen molar-refractivity contribution in [2.45, 2.75) is 54.4 Å². The Morgan fingerprint density at radius 1 is 1.16 bits per heavy atom. The molecule has 0 spiro atoms. The molecule has 1 atom stereocenters. The van der Waals surface area contributed by atoms with Crippen LogP contribution in [0.4, 0.5) is 0 Å². The van der Waals surface area contributed by atoms with Crippen LogP contribution >= 0.6 is 0 Å². The fourth-order valence-electron chi connectivity index (χ4n) is 2.45. The van der Waals surface area contributed by atoms with Gasteiger partial charge in [0, 0.05) is 19.4 Å². The van der Waals surface area contributed by atoms with Crippen LogP contribution in [0.15, 0.2) is 0 Å². The van der Waals surface area contributed by atoms with Crippen LogP contribution in [-0.2, 0) is 23.9 Å². The Balaban J connectivity index is 2.34. The topological polar surface area (TPSA) is 92.8 Å². The first-order chi connectivity index (χ1) is 11.3. The lowest BCUT2D eigenvalue weighted by atomic mass is 9.80. The minimum atomic E-state index is -0.579. The Kier molecular flexibility index (Phi) is 6.74. The molecule has 0 aromatic carbocycles. The van der Waals surface area contributed by atoms with E-state index in [-0.39, 0.29) is 67.6 Å². The van der Waals surface area contributed by atoms with Gasteiger partial charge in [0.05, 0.1) is 17.9 Å². The minimum absolute atomic E-state index is 0.0432. The molecule has 0 bridgehead atoms. The van der Waals surface area contributed by atoms with Gasteiger partial charge < -0.3 is 10.1 Å². The first kappa shape index (κ1) is 21.1. The lowest BCUT2D eigenvalue weighted by Gasteiger charge is -2.24. The summed E-state index contributed by atoms with van der Waals surface area (Å²) in [6, 6.07) is 0. The second-order valence-corrected chi connectivity index (χ2v) is 8.49. The number of esters is 1. The van der Waals surface area contributed by atoms with Gasteiger partial charge in [0.2, 0.25) is 17.7 Å². The summed E-state index contributed by atoms with van der Waals surface area (Å²) >= 11 is 0. The molecule has 3 amide bonds. The van der Waals surface area contributed by atoms with Gasteiger partial charge in [-0.2, -0.15) is 0 Å². The number of hydrogen-bond donors (Lipinski definition) is 1. The number of nitrogens with zero attached hydrogens (tertiary/aromatic N) is 1. The molecule has 1 saturated heterocycles. The van der Waals surface area contributed by atoms with Gasteiger partial charge in [-0.15, -0.1) is 0 Å². The molecule has 1 heterocycles. The molecule has 0 aliphatic carbocycles. The van der Waals surface area contributed by atoms with Crippen LogP contribution in [0.1, 0.15) is 54.4 Å². The molecule has 0 radical (unpaired) electrons. The SMILES string of the molecule is CC(C)(C)C(=O)OCCNC(=O)CCN1C(=O)CC(C(C)(C)C)C1=O. The van der Waals surface area contributed by atoms with Crippen molar-refractivity contribution in [3.8, 4) is 0 Å². The van der Waals surface area contributed by atoms with Gasteiger partial charge in [0.25, 0.3) is 0 Å². The summed E-state index contributed by atoms with van der Waals surface area (Å²) in [4.78, 5) is 48.9. The molecule has 1 aliphatic heterocycles. The summed E-state index contributed by atoms with van der Waals surface area (Å²) in [5, 5.41) is 2.62. The van der Waals surface area contributed by atoms with Crippen LogP contribution in [-0.4, -0.2) is 48.3 Å². The molecule has 25 heavy (non-hydrogen) atoms. The lowest BCUT2D eigenvalue weighted by Crippen LogP contribution is -2.37. The van der Waals surface area contributed by atoms with Crippen LogP contribution in [0.3, 0.4) is 0 Å². The summed E-state index contributed by atoms with van der Waals surface area (Å²) in [6.45, 7) is 11.4. The van der Waals surface area contributed by atoms with Crippen molar-refractivity contribution in [3.63, 3.8) is 0 Å².